The predicted octanol–water partition coefficient (Wildman–Crippen LogP) is 1.18. The molecular weight excluding hydrogens is 296 g/mol. The van der Waals surface area contributed by atoms with Crippen molar-refractivity contribution in [1.29, 1.82) is 0 Å². The molecule has 0 spiro atoms. The molecule has 1 aliphatic rings. The largest absolute Gasteiger partial charge is 0.472 e. The van der Waals surface area contributed by atoms with Gasteiger partial charge in [-0.05, 0) is 6.07 Å². The summed E-state index contributed by atoms with van der Waals surface area (Å²) in [6.45, 7) is 4.88. The Hall–Kier alpha value is -0.500. The van der Waals surface area contributed by atoms with E-state index in [2.05, 4.69) is 10.2 Å². The molecule has 5 nitrogen and oxygen atoms in total. The van der Waals surface area contributed by atoms with E-state index in [1.165, 1.54) is 0 Å². The molecule has 7 heteroatoms. The van der Waals surface area contributed by atoms with Gasteiger partial charge in [-0.1, -0.05) is 6.92 Å². The van der Waals surface area contributed by atoms with Gasteiger partial charge in [0.15, 0.2) is 9.84 Å². The molecule has 0 radical (unpaired) electrons. The summed E-state index contributed by atoms with van der Waals surface area (Å²) in [5.41, 5.74) is 1.11. The molecule has 0 saturated carbocycles. The van der Waals surface area contributed by atoms with Gasteiger partial charge in [-0.15, -0.1) is 0 Å². The lowest BCUT2D eigenvalue weighted by molar-refractivity contribution is 0.269. The second-order valence-corrected chi connectivity index (χ2v) is 8.42. The molecule has 1 unspecified atom stereocenters. The maximum Gasteiger partial charge on any atom is 0.166 e. The average Bonchev–Trinajstić information content (AvgIpc) is 2.97. The van der Waals surface area contributed by atoms with Crippen molar-refractivity contribution < 1.29 is 12.8 Å². The zero-order valence-electron chi connectivity index (χ0n) is 11.7. The van der Waals surface area contributed by atoms with Crippen LogP contribution in [0.5, 0.6) is 0 Å². The van der Waals surface area contributed by atoms with E-state index in [1.807, 2.05) is 6.07 Å². The molecule has 1 fully saturated rings. The molecule has 0 aromatic carbocycles. The van der Waals surface area contributed by atoms with Crippen LogP contribution in [0, 0.1) is 0 Å². The van der Waals surface area contributed by atoms with E-state index in [1.54, 1.807) is 31.2 Å². The normalized spacial score (nSPS) is 21.1. The maximum atomic E-state index is 12.1. The first-order valence-electron chi connectivity index (χ1n) is 6.88. The minimum Gasteiger partial charge on any atom is -0.472 e. The van der Waals surface area contributed by atoms with Crippen LogP contribution in [-0.4, -0.2) is 55.6 Å². The van der Waals surface area contributed by atoms with Crippen molar-refractivity contribution in [3.05, 3.63) is 24.2 Å². The fourth-order valence-electron chi connectivity index (χ4n) is 2.24. The summed E-state index contributed by atoms with van der Waals surface area (Å²) in [7, 11) is -2.99. The number of hydrogen-bond acceptors (Lipinski definition) is 6. The molecule has 1 saturated heterocycles. The van der Waals surface area contributed by atoms with E-state index in [0.29, 0.717) is 5.75 Å². The van der Waals surface area contributed by atoms with Gasteiger partial charge < -0.3 is 9.73 Å². The summed E-state index contributed by atoms with van der Waals surface area (Å²) in [6, 6.07) is 1.93. The van der Waals surface area contributed by atoms with Crippen molar-refractivity contribution in [3.8, 4) is 0 Å². The minimum atomic E-state index is -2.99. The number of thioether (sulfide) groups is 1. The highest BCUT2D eigenvalue weighted by atomic mass is 32.2. The fraction of sp³-hybridized carbons (Fsp3) is 0.692. The van der Waals surface area contributed by atoms with Gasteiger partial charge in [0.2, 0.25) is 0 Å². The molecular formula is C13H22N2O3S2. The third-order valence-electron chi connectivity index (χ3n) is 3.49. The van der Waals surface area contributed by atoms with Crippen LogP contribution in [0.2, 0.25) is 0 Å². The third-order valence-corrected chi connectivity index (χ3v) is 6.82. The first-order chi connectivity index (χ1) is 9.63. The van der Waals surface area contributed by atoms with E-state index in [9.17, 15) is 8.42 Å². The predicted molar refractivity (Wildman–Crippen MR) is 82.6 cm³/mol. The fourth-order valence-corrected chi connectivity index (χ4v) is 5.35. The van der Waals surface area contributed by atoms with Gasteiger partial charge in [0.05, 0.1) is 12.5 Å². The summed E-state index contributed by atoms with van der Waals surface area (Å²) in [4.78, 5) is 2.09. The summed E-state index contributed by atoms with van der Waals surface area (Å²) >= 11 is 1.73. The van der Waals surface area contributed by atoms with Crippen LogP contribution in [0.4, 0.5) is 0 Å². The standard InChI is InChI=1S/C13H22N2O3S2/c1-2-20(16,17)13-11-19-8-6-15(13)5-4-14-9-12-3-7-18-10-12/h3,7,10,13-14H,2,4-6,8-9,11H2,1H3. The molecule has 0 bridgehead atoms. The second kappa shape index (κ2) is 7.49. The lowest BCUT2D eigenvalue weighted by Gasteiger charge is -2.34. The third kappa shape index (κ3) is 4.25. The topological polar surface area (TPSA) is 62.6 Å². The summed E-state index contributed by atoms with van der Waals surface area (Å²) < 4.78 is 29.2. The zero-order valence-corrected chi connectivity index (χ0v) is 13.4. The Balaban J connectivity index is 1.80. The Morgan fingerprint density at radius 1 is 1.55 bits per heavy atom. The van der Waals surface area contributed by atoms with Crippen LogP contribution >= 0.6 is 11.8 Å². The Bertz CT molecular complexity index is 488. The molecule has 1 aromatic heterocycles. The number of nitrogens with one attached hydrogen (secondary N) is 1. The quantitative estimate of drug-likeness (QED) is 0.762. The van der Waals surface area contributed by atoms with Crippen LogP contribution in [-0.2, 0) is 16.4 Å². The van der Waals surface area contributed by atoms with Gasteiger partial charge >= 0.3 is 0 Å². The highest BCUT2D eigenvalue weighted by molar-refractivity contribution is 8.01. The van der Waals surface area contributed by atoms with E-state index < -0.39 is 9.84 Å². The van der Waals surface area contributed by atoms with Crippen LogP contribution in [0.15, 0.2) is 23.0 Å². The van der Waals surface area contributed by atoms with Gasteiger partial charge in [-0.2, -0.15) is 11.8 Å². The Labute approximate surface area is 125 Å². The van der Waals surface area contributed by atoms with Crippen molar-refractivity contribution in [2.75, 3.05) is 36.9 Å². The number of furan rings is 1. The van der Waals surface area contributed by atoms with Gasteiger partial charge in [0.25, 0.3) is 0 Å². The van der Waals surface area contributed by atoms with Crippen LogP contribution in [0.3, 0.4) is 0 Å². The summed E-state index contributed by atoms with van der Waals surface area (Å²) in [5.74, 6) is 1.92. The number of nitrogens with zero attached hydrogens (tertiary/aromatic N) is 1. The van der Waals surface area contributed by atoms with E-state index >= 15 is 0 Å². The number of sulfone groups is 1. The monoisotopic (exact) mass is 318 g/mol. The van der Waals surface area contributed by atoms with Crippen LogP contribution < -0.4 is 5.32 Å². The van der Waals surface area contributed by atoms with E-state index in [4.69, 9.17) is 4.42 Å². The molecule has 114 valence electrons. The highest BCUT2D eigenvalue weighted by Gasteiger charge is 2.32. The number of hydrogen-bond donors (Lipinski definition) is 1. The van der Waals surface area contributed by atoms with Crippen molar-refractivity contribution >= 4 is 21.6 Å². The van der Waals surface area contributed by atoms with Crippen molar-refractivity contribution in [2.24, 2.45) is 0 Å². The average molecular weight is 318 g/mol. The minimum absolute atomic E-state index is 0.219. The smallest absolute Gasteiger partial charge is 0.166 e. The lowest BCUT2D eigenvalue weighted by Crippen LogP contribution is -2.49. The first-order valence-corrected chi connectivity index (χ1v) is 9.75. The van der Waals surface area contributed by atoms with Gasteiger partial charge in [0, 0.05) is 49.0 Å². The molecule has 1 aromatic rings. The van der Waals surface area contributed by atoms with Crippen molar-refractivity contribution in [2.45, 2.75) is 18.8 Å². The molecule has 2 heterocycles. The van der Waals surface area contributed by atoms with Gasteiger partial charge in [-0.25, -0.2) is 8.42 Å². The Morgan fingerprint density at radius 3 is 3.10 bits per heavy atom. The van der Waals surface area contributed by atoms with E-state index in [0.717, 1.165) is 37.5 Å². The molecule has 1 N–H and O–H groups in total. The Morgan fingerprint density at radius 2 is 2.40 bits per heavy atom. The van der Waals surface area contributed by atoms with Crippen molar-refractivity contribution in [1.82, 2.24) is 10.2 Å². The van der Waals surface area contributed by atoms with Crippen LogP contribution in [0.25, 0.3) is 0 Å². The molecule has 1 aliphatic heterocycles. The zero-order chi connectivity index (χ0) is 14.4. The second-order valence-electron chi connectivity index (χ2n) is 4.83. The molecule has 20 heavy (non-hydrogen) atoms. The molecule has 1 atom stereocenters. The molecule has 0 amide bonds. The summed E-state index contributed by atoms with van der Waals surface area (Å²) in [5, 5.41) is 3.00. The molecule has 0 aliphatic carbocycles. The molecule has 2 rings (SSSR count). The Kier molecular flexibility index (Phi) is 5.95. The maximum absolute atomic E-state index is 12.1. The number of rotatable bonds is 7. The van der Waals surface area contributed by atoms with E-state index in [-0.39, 0.29) is 11.1 Å². The van der Waals surface area contributed by atoms with Gasteiger partial charge in [0.1, 0.15) is 5.37 Å². The SMILES string of the molecule is CCS(=O)(=O)C1CSCCN1CCNCc1ccoc1. The lowest BCUT2D eigenvalue weighted by atomic mass is 10.3. The highest BCUT2D eigenvalue weighted by Crippen LogP contribution is 2.20. The van der Waals surface area contributed by atoms with Gasteiger partial charge in [-0.3, -0.25) is 4.90 Å². The van der Waals surface area contributed by atoms with Crippen molar-refractivity contribution in [3.63, 3.8) is 0 Å². The first kappa shape index (κ1) is 15.9. The summed E-state index contributed by atoms with van der Waals surface area (Å²) in [6.07, 6.45) is 3.37. The van der Waals surface area contributed by atoms with Crippen LogP contribution in [0.1, 0.15) is 12.5 Å².